The first kappa shape index (κ1) is 28.9. The summed E-state index contributed by atoms with van der Waals surface area (Å²) in [5.41, 5.74) is 1.33. The van der Waals surface area contributed by atoms with Crippen LogP contribution in [0.1, 0.15) is 59.9 Å². The molecule has 0 radical (unpaired) electrons. The van der Waals surface area contributed by atoms with Crippen LogP contribution in [0.2, 0.25) is 36.3 Å². The SMILES string of the molecule is C#CC[C@@H](O[Si](C)(C)C(C)(C)C)[C@H](CCc1ccccc1)[C@@H](C=C)O[Si](C)(C)C(C)(C)C. The lowest BCUT2D eigenvalue weighted by molar-refractivity contribution is 0.0458. The van der Waals surface area contributed by atoms with Crippen molar-refractivity contribution < 1.29 is 8.85 Å². The fourth-order valence-corrected chi connectivity index (χ4v) is 5.99. The fraction of sp³-hybridized carbons (Fsp3) is 0.643. The molecule has 32 heavy (non-hydrogen) atoms. The highest BCUT2D eigenvalue weighted by molar-refractivity contribution is 6.74. The number of hydrogen-bond donors (Lipinski definition) is 0. The largest absolute Gasteiger partial charge is 0.413 e. The van der Waals surface area contributed by atoms with Gasteiger partial charge in [-0.2, -0.15) is 0 Å². The first-order chi connectivity index (χ1) is 14.6. The number of hydrogen-bond acceptors (Lipinski definition) is 2. The Morgan fingerprint density at radius 3 is 1.88 bits per heavy atom. The van der Waals surface area contributed by atoms with Gasteiger partial charge in [-0.25, -0.2) is 0 Å². The van der Waals surface area contributed by atoms with Gasteiger partial charge < -0.3 is 8.85 Å². The molecule has 0 saturated heterocycles. The summed E-state index contributed by atoms with van der Waals surface area (Å²) in [5, 5.41) is 0.244. The minimum Gasteiger partial charge on any atom is -0.413 e. The Morgan fingerprint density at radius 1 is 0.938 bits per heavy atom. The van der Waals surface area contributed by atoms with Crippen molar-refractivity contribution in [1.82, 2.24) is 0 Å². The van der Waals surface area contributed by atoms with Gasteiger partial charge in [0.15, 0.2) is 16.6 Å². The Kier molecular flexibility index (Phi) is 10.2. The topological polar surface area (TPSA) is 18.5 Å². The summed E-state index contributed by atoms with van der Waals surface area (Å²) < 4.78 is 13.9. The van der Waals surface area contributed by atoms with Crippen LogP contribution in [-0.4, -0.2) is 28.8 Å². The number of rotatable bonds is 11. The zero-order chi connectivity index (χ0) is 24.8. The van der Waals surface area contributed by atoms with Crippen molar-refractivity contribution in [2.45, 2.75) is 109 Å². The predicted molar refractivity (Wildman–Crippen MR) is 146 cm³/mol. The lowest BCUT2D eigenvalue weighted by Gasteiger charge is -2.45. The Hall–Kier alpha value is -1.13. The zero-order valence-electron chi connectivity index (χ0n) is 22.4. The van der Waals surface area contributed by atoms with E-state index in [1.54, 1.807) is 0 Å². The maximum absolute atomic E-state index is 6.96. The van der Waals surface area contributed by atoms with Gasteiger partial charge in [-0.05, 0) is 54.7 Å². The van der Waals surface area contributed by atoms with Gasteiger partial charge in [0.2, 0.25) is 0 Å². The molecular weight excluding hydrogens is 424 g/mol. The molecule has 0 aliphatic carbocycles. The molecule has 0 amide bonds. The van der Waals surface area contributed by atoms with Crippen LogP contribution in [0, 0.1) is 18.3 Å². The third-order valence-corrected chi connectivity index (χ3v) is 16.5. The van der Waals surface area contributed by atoms with Gasteiger partial charge in [0.05, 0.1) is 12.2 Å². The summed E-state index contributed by atoms with van der Waals surface area (Å²) in [7, 11) is -4.00. The minimum absolute atomic E-state index is 0.0441. The van der Waals surface area contributed by atoms with Crippen molar-refractivity contribution in [3.63, 3.8) is 0 Å². The average molecular weight is 473 g/mol. The van der Waals surface area contributed by atoms with E-state index in [2.05, 4.69) is 111 Å². The Bertz CT molecular complexity index is 748. The number of aryl methyl sites for hydroxylation is 1. The molecule has 0 aliphatic heterocycles. The van der Waals surface area contributed by atoms with E-state index >= 15 is 0 Å². The quantitative estimate of drug-likeness (QED) is 0.183. The standard InChI is InChI=1S/C28H48O2Si2/c1-13-18-26(30-32(11,12)28(6,7)8)24(22-21-23-19-16-15-17-20-23)25(14-2)29-31(9,10)27(3,4)5/h1,14-17,19-20,24-26H,2,18,21-22H2,3-12H3/t24-,25-,26-/m1/s1. The molecule has 0 aromatic heterocycles. The average Bonchev–Trinajstić information content (AvgIpc) is 2.66. The molecule has 0 unspecified atom stereocenters. The smallest absolute Gasteiger partial charge is 0.192 e. The minimum atomic E-state index is -2.00. The molecule has 1 aromatic rings. The molecule has 1 rings (SSSR count). The molecule has 3 atom stereocenters. The highest BCUT2D eigenvalue weighted by Gasteiger charge is 2.44. The van der Waals surface area contributed by atoms with Crippen LogP contribution in [0.5, 0.6) is 0 Å². The molecule has 0 aliphatic rings. The highest BCUT2D eigenvalue weighted by Crippen LogP contribution is 2.42. The van der Waals surface area contributed by atoms with Gasteiger partial charge in [0.25, 0.3) is 0 Å². The molecule has 0 heterocycles. The molecule has 0 fully saturated rings. The van der Waals surface area contributed by atoms with E-state index in [-0.39, 0.29) is 28.2 Å². The molecule has 0 saturated carbocycles. The van der Waals surface area contributed by atoms with Crippen molar-refractivity contribution in [3.8, 4) is 12.3 Å². The molecule has 0 bridgehead atoms. The van der Waals surface area contributed by atoms with E-state index in [1.807, 2.05) is 6.08 Å². The van der Waals surface area contributed by atoms with E-state index in [1.165, 1.54) is 5.56 Å². The molecule has 180 valence electrons. The van der Waals surface area contributed by atoms with Crippen molar-refractivity contribution in [2.75, 3.05) is 0 Å². The van der Waals surface area contributed by atoms with Gasteiger partial charge in [0, 0.05) is 12.3 Å². The van der Waals surface area contributed by atoms with Crippen LogP contribution in [0.4, 0.5) is 0 Å². The first-order valence-electron chi connectivity index (χ1n) is 12.0. The van der Waals surface area contributed by atoms with Crippen LogP contribution in [0.3, 0.4) is 0 Å². The monoisotopic (exact) mass is 472 g/mol. The maximum Gasteiger partial charge on any atom is 0.192 e. The van der Waals surface area contributed by atoms with Crippen LogP contribution >= 0.6 is 0 Å². The first-order valence-corrected chi connectivity index (χ1v) is 17.8. The van der Waals surface area contributed by atoms with Crippen molar-refractivity contribution in [1.29, 1.82) is 0 Å². The summed E-state index contributed by atoms with van der Waals surface area (Å²) in [5.74, 6) is 3.07. The number of terminal acetylenes is 1. The van der Waals surface area contributed by atoms with Crippen LogP contribution < -0.4 is 0 Å². The van der Waals surface area contributed by atoms with Crippen molar-refractivity contribution in [2.24, 2.45) is 5.92 Å². The van der Waals surface area contributed by atoms with E-state index in [4.69, 9.17) is 15.3 Å². The third kappa shape index (κ3) is 8.02. The molecule has 2 nitrogen and oxygen atoms in total. The molecule has 0 spiro atoms. The third-order valence-electron chi connectivity index (χ3n) is 7.55. The van der Waals surface area contributed by atoms with E-state index in [0.717, 1.165) is 12.8 Å². The molecule has 4 heteroatoms. The second kappa shape index (κ2) is 11.3. The molecular formula is C28H48O2Si2. The molecule has 1 aromatic carbocycles. The second-order valence-electron chi connectivity index (χ2n) is 12.1. The summed E-state index contributed by atoms with van der Waals surface area (Å²) in [4.78, 5) is 0. The van der Waals surface area contributed by atoms with Crippen LogP contribution in [0.15, 0.2) is 43.0 Å². The van der Waals surface area contributed by atoms with E-state index in [0.29, 0.717) is 6.42 Å². The summed E-state index contributed by atoms with van der Waals surface area (Å²) in [6.07, 6.45) is 10.3. The Labute approximate surface area is 201 Å². The molecule has 0 N–H and O–H groups in total. The zero-order valence-corrected chi connectivity index (χ0v) is 24.4. The summed E-state index contributed by atoms with van der Waals surface area (Å²) >= 11 is 0. The summed E-state index contributed by atoms with van der Waals surface area (Å²) in [6.45, 7) is 27.1. The normalized spacial score (nSPS) is 16.2. The maximum atomic E-state index is 6.96. The Morgan fingerprint density at radius 2 is 1.44 bits per heavy atom. The van der Waals surface area contributed by atoms with Crippen LogP contribution in [-0.2, 0) is 15.3 Å². The van der Waals surface area contributed by atoms with Crippen LogP contribution in [0.25, 0.3) is 0 Å². The second-order valence-corrected chi connectivity index (χ2v) is 21.6. The summed E-state index contributed by atoms with van der Waals surface area (Å²) in [6, 6.07) is 10.7. The van der Waals surface area contributed by atoms with Gasteiger partial charge in [-0.1, -0.05) is 78.0 Å². The predicted octanol–water partition coefficient (Wildman–Crippen LogP) is 8.23. The Balaban J connectivity index is 3.33. The van der Waals surface area contributed by atoms with Gasteiger partial charge >= 0.3 is 0 Å². The number of benzene rings is 1. The highest BCUT2D eigenvalue weighted by atomic mass is 28.4. The van der Waals surface area contributed by atoms with Gasteiger partial charge in [-0.3, -0.25) is 0 Å². The fourth-order valence-electron chi connectivity index (χ4n) is 3.32. The lowest BCUT2D eigenvalue weighted by atomic mass is 9.88. The van der Waals surface area contributed by atoms with Gasteiger partial charge in [0.1, 0.15) is 0 Å². The van der Waals surface area contributed by atoms with Crippen molar-refractivity contribution in [3.05, 3.63) is 48.6 Å². The van der Waals surface area contributed by atoms with E-state index in [9.17, 15) is 0 Å². The van der Waals surface area contributed by atoms with E-state index < -0.39 is 16.6 Å². The van der Waals surface area contributed by atoms with Crippen molar-refractivity contribution >= 4 is 16.6 Å². The van der Waals surface area contributed by atoms with Gasteiger partial charge in [-0.15, -0.1) is 18.9 Å². The lowest BCUT2D eigenvalue weighted by Crippen LogP contribution is -2.50.